The molecule has 2 rings (SSSR count). The number of rotatable bonds is 7. The third kappa shape index (κ3) is 6.06. The Morgan fingerprint density at radius 1 is 1.12 bits per heavy atom. The van der Waals surface area contributed by atoms with Crippen molar-refractivity contribution in [3.05, 3.63) is 0 Å². The molecule has 0 aliphatic carbocycles. The van der Waals surface area contributed by atoms with E-state index in [1.165, 1.54) is 0 Å². The summed E-state index contributed by atoms with van der Waals surface area (Å²) in [5, 5.41) is 3.42. The molecule has 0 saturated carbocycles. The van der Waals surface area contributed by atoms with Crippen molar-refractivity contribution < 1.29 is 4.79 Å². The number of thioether (sulfide) groups is 1. The first kappa shape index (κ1) is 20.4. The van der Waals surface area contributed by atoms with Gasteiger partial charge in [0, 0.05) is 52.4 Å². The maximum absolute atomic E-state index is 12.6. The largest absolute Gasteiger partial charge is 0.357 e. The highest BCUT2D eigenvalue weighted by molar-refractivity contribution is 7.98. The molecule has 0 aromatic heterocycles. The van der Waals surface area contributed by atoms with Gasteiger partial charge in [-0.25, -0.2) is 0 Å². The van der Waals surface area contributed by atoms with E-state index in [1.54, 1.807) is 0 Å². The zero-order valence-corrected chi connectivity index (χ0v) is 17.0. The summed E-state index contributed by atoms with van der Waals surface area (Å²) >= 11 is 1.87. The van der Waals surface area contributed by atoms with Crippen LogP contribution in [0.4, 0.5) is 0 Å². The summed E-state index contributed by atoms with van der Waals surface area (Å²) in [4.78, 5) is 24.1. The highest BCUT2D eigenvalue weighted by Gasteiger charge is 2.30. The van der Waals surface area contributed by atoms with Crippen LogP contribution in [0.2, 0.25) is 0 Å². The molecule has 144 valence electrons. The standard InChI is InChI=1S/C18H35N5OS/c1-4-19-18(20-8-7-15-25-3)23-13-11-21(12-14-23)16(2)17(24)22-9-5-6-10-22/h16H,4-15H2,1-3H3,(H,19,20). The minimum atomic E-state index is 0.00125. The molecule has 2 saturated heterocycles. The molecule has 25 heavy (non-hydrogen) atoms. The molecule has 2 aliphatic heterocycles. The van der Waals surface area contributed by atoms with Gasteiger partial charge >= 0.3 is 0 Å². The number of hydrogen-bond acceptors (Lipinski definition) is 4. The summed E-state index contributed by atoms with van der Waals surface area (Å²) < 4.78 is 0. The zero-order valence-electron chi connectivity index (χ0n) is 16.2. The van der Waals surface area contributed by atoms with Crippen LogP contribution in [0.15, 0.2) is 4.99 Å². The number of aliphatic imine (C=N–C) groups is 1. The van der Waals surface area contributed by atoms with Gasteiger partial charge in [0.25, 0.3) is 0 Å². The monoisotopic (exact) mass is 369 g/mol. The molecule has 0 aromatic carbocycles. The first-order valence-electron chi connectivity index (χ1n) is 9.72. The summed E-state index contributed by atoms with van der Waals surface area (Å²) in [5.74, 6) is 2.50. The average Bonchev–Trinajstić information content (AvgIpc) is 3.18. The van der Waals surface area contributed by atoms with Crippen LogP contribution in [-0.4, -0.2) is 97.0 Å². The van der Waals surface area contributed by atoms with Gasteiger partial charge in [0.15, 0.2) is 5.96 Å². The molecule has 2 aliphatic rings. The third-order valence-corrected chi connectivity index (χ3v) is 5.74. The maximum Gasteiger partial charge on any atom is 0.239 e. The molecule has 0 radical (unpaired) electrons. The van der Waals surface area contributed by atoms with Crippen LogP contribution in [0.5, 0.6) is 0 Å². The number of carbonyl (C=O) groups is 1. The highest BCUT2D eigenvalue weighted by atomic mass is 32.2. The minimum absolute atomic E-state index is 0.00125. The summed E-state index contributed by atoms with van der Waals surface area (Å²) in [5.41, 5.74) is 0. The van der Waals surface area contributed by atoms with Crippen LogP contribution in [-0.2, 0) is 4.79 Å². The van der Waals surface area contributed by atoms with E-state index in [2.05, 4.69) is 35.2 Å². The Morgan fingerprint density at radius 3 is 2.40 bits per heavy atom. The van der Waals surface area contributed by atoms with E-state index in [4.69, 9.17) is 4.99 Å². The van der Waals surface area contributed by atoms with Gasteiger partial charge in [-0.15, -0.1) is 0 Å². The van der Waals surface area contributed by atoms with Gasteiger partial charge in [-0.3, -0.25) is 14.7 Å². The molecular weight excluding hydrogens is 334 g/mol. The Balaban J connectivity index is 1.82. The van der Waals surface area contributed by atoms with E-state index in [-0.39, 0.29) is 6.04 Å². The van der Waals surface area contributed by atoms with Crippen molar-refractivity contribution in [1.82, 2.24) is 20.0 Å². The Labute approximate surface area is 157 Å². The molecule has 0 spiro atoms. The first-order valence-corrected chi connectivity index (χ1v) is 11.1. The lowest BCUT2D eigenvalue weighted by Crippen LogP contribution is -2.57. The van der Waals surface area contributed by atoms with E-state index in [0.717, 1.165) is 83.3 Å². The normalized spacial score (nSPS) is 20.8. The van der Waals surface area contributed by atoms with Crippen molar-refractivity contribution in [1.29, 1.82) is 0 Å². The summed E-state index contributed by atoms with van der Waals surface area (Å²) in [6, 6.07) is 0.00125. The van der Waals surface area contributed by atoms with E-state index >= 15 is 0 Å². The lowest BCUT2D eigenvalue weighted by atomic mass is 10.2. The van der Waals surface area contributed by atoms with Crippen LogP contribution in [0.25, 0.3) is 0 Å². The van der Waals surface area contributed by atoms with Gasteiger partial charge in [-0.05, 0) is 45.1 Å². The maximum atomic E-state index is 12.6. The smallest absolute Gasteiger partial charge is 0.239 e. The quantitative estimate of drug-likeness (QED) is 0.417. The fraction of sp³-hybridized carbons (Fsp3) is 0.889. The fourth-order valence-electron chi connectivity index (χ4n) is 3.50. The molecule has 1 atom stereocenters. The molecule has 6 nitrogen and oxygen atoms in total. The van der Waals surface area contributed by atoms with E-state index in [0.29, 0.717) is 5.91 Å². The van der Waals surface area contributed by atoms with Crippen LogP contribution in [0.3, 0.4) is 0 Å². The van der Waals surface area contributed by atoms with Crippen LogP contribution in [0, 0.1) is 0 Å². The number of guanidine groups is 1. The topological polar surface area (TPSA) is 51.2 Å². The SMILES string of the molecule is CCNC(=NCCCSC)N1CCN(C(C)C(=O)N2CCCC2)CC1. The molecule has 0 aromatic rings. The van der Waals surface area contributed by atoms with Gasteiger partial charge in [0.2, 0.25) is 5.91 Å². The molecule has 1 unspecified atom stereocenters. The lowest BCUT2D eigenvalue weighted by Gasteiger charge is -2.39. The predicted octanol–water partition coefficient (Wildman–Crippen LogP) is 1.33. The first-order chi connectivity index (χ1) is 12.2. The van der Waals surface area contributed by atoms with Crippen molar-refractivity contribution in [2.45, 2.75) is 39.2 Å². The number of piperazine rings is 1. The van der Waals surface area contributed by atoms with Crippen molar-refractivity contribution in [3.8, 4) is 0 Å². The number of hydrogen-bond donors (Lipinski definition) is 1. The Bertz CT molecular complexity index is 431. The third-order valence-electron chi connectivity index (χ3n) is 5.04. The second kappa shape index (κ2) is 10.9. The highest BCUT2D eigenvalue weighted by Crippen LogP contribution is 2.14. The molecule has 7 heteroatoms. The van der Waals surface area contributed by atoms with E-state index < -0.39 is 0 Å². The second-order valence-electron chi connectivity index (χ2n) is 6.81. The average molecular weight is 370 g/mol. The Kier molecular flexibility index (Phi) is 8.89. The Morgan fingerprint density at radius 2 is 1.80 bits per heavy atom. The van der Waals surface area contributed by atoms with E-state index in [1.807, 2.05) is 16.7 Å². The number of nitrogens with zero attached hydrogens (tertiary/aromatic N) is 4. The van der Waals surface area contributed by atoms with Gasteiger partial charge in [0.1, 0.15) is 0 Å². The predicted molar refractivity (Wildman–Crippen MR) is 107 cm³/mol. The molecule has 2 heterocycles. The van der Waals surface area contributed by atoms with Gasteiger partial charge < -0.3 is 15.1 Å². The summed E-state index contributed by atoms with van der Waals surface area (Å²) in [7, 11) is 0. The number of likely N-dealkylation sites (tertiary alicyclic amines) is 1. The van der Waals surface area contributed by atoms with Gasteiger partial charge in [-0.2, -0.15) is 11.8 Å². The Hall–Kier alpha value is -0.950. The van der Waals surface area contributed by atoms with Gasteiger partial charge in [0.05, 0.1) is 6.04 Å². The van der Waals surface area contributed by atoms with Gasteiger partial charge in [-0.1, -0.05) is 0 Å². The fourth-order valence-corrected chi connectivity index (χ4v) is 3.92. The summed E-state index contributed by atoms with van der Waals surface area (Å²) in [6.07, 6.45) is 5.58. The number of amides is 1. The second-order valence-corrected chi connectivity index (χ2v) is 7.80. The zero-order chi connectivity index (χ0) is 18.1. The van der Waals surface area contributed by atoms with Crippen LogP contribution >= 0.6 is 11.8 Å². The summed E-state index contributed by atoms with van der Waals surface area (Å²) in [6.45, 7) is 11.6. The molecule has 1 N–H and O–H groups in total. The van der Waals surface area contributed by atoms with Crippen LogP contribution in [0.1, 0.15) is 33.1 Å². The van der Waals surface area contributed by atoms with Crippen molar-refractivity contribution in [2.24, 2.45) is 4.99 Å². The van der Waals surface area contributed by atoms with Crippen LogP contribution < -0.4 is 5.32 Å². The molecule has 2 fully saturated rings. The van der Waals surface area contributed by atoms with Crippen molar-refractivity contribution in [3.63, 3.8) is 0 Å². The molecule has 1 amide bonds. The minimum Gasteiger partial charge on any atom is -0.357 e. The van der Waals surface area contributed by atoms with E-state index in [9.17, 15) is 4.79 Å². The number of nitrogens with one attached hydrogen (secondary N) is 1. The van der Waals surface area contributed by atoms with Crippen molar-refractivity contribution in [2.75, 3.05) is 64.4 Å². The lowest BCUT2D eigenvalue weighted by molar-refractivity contribution is -0.135. The molecule has 0 bridgehead atoms. The number of carbonyl (C=O) groups excluding carboxylic acids is 1. The molecular formula is C18H35N5OS. The van der Waals surface area contributed by atoms with Crippen molar-refractivity contribution >= 4 is 23.6 Å².